The molecule has 0 spiro atoms. The standard InChI is InChI=1S/C19H24F4N2O5/c1-18(2,3)30-17(28)11-5-6-13(20)12(7-11)9-25(10-19(21,22)23)16(27)14(24)8-15(26)29-4/h5-7,14H,8-10,24H2,1-4H3. The van der Waals surface area contributed by atoms with Gasteiger partial charge in [0.25, 0.3) is 0 Å². The minimum Gasteiger partial charge on any atom is -0.469 e. The number of carbonyl (C=O) groups is 3. The van der Waals surface area contributed by atoms with Gasteiger partial charge in [-0.1, -0.05) is 0 Å². The lowest BCUT2D eigenvalue weighted by Gasteiger charge is -2.27. The number of halogens is 4. The van der Waals surface area contributed by atoms with E-state index in [4.69, 9.17) is 10.5 Å². The van der Waals surface area contributed by atoms with E-state index in [2.05, 4.69) is 4.74 Å². The van der Waals surface area contributed by atoms with Gasteiger partial charge in [-0.05, 0) is 39.0 Å². The van der Waals surface area contributed by atoms with Gasteiger partial charge in [0.05, 0.1) is 25.1 Å². The second kappa shape index (κ2) is 9.88. The number of hydrogen-bond acceptors (Lipinski definition) is 6. The predicted octanol–water partition coefficient (Wildman–Crippen LogP) is 2.56. The third kappa shape index (κ3) is 8.36. The smallest absolute Gasteiger partial charge is 0.406 e. The maximum Gasteiger partial charge on any atom is 0.406 e. The van der Waals surface area contributed by atoms with E-state index < -0.39 is 61.0 Å². The van der Waals surface area contributed by atoms with Gasteiger partial charge in [-0.3, -0.25) is 9.59 Å². The van der Waals surface area contributed by atoms with E-state index in [0.29, 0.717) is 0 Å². The van der Waals surface area contributed by atoms with Crippen LogP contribution in [0.2, 0.25) is 0 Å². The van der Waals surface area contributed by atoms with Crippen molar-refractivity contribution in [1.29, 1.82) is 0 Å². The first-order valence-electron chi connectivity index (χ1n) is 8.82. The molecule has 30 heavy (non-hydrogen) atoms. The monoisotopic (exact) mass is 436 g/mol. The summed E-state index contributed by atoms with van der Waals surface area (Å²) in [7, 11) is 1.03. The van der Waals surface area contributed by atoms with E-state index in [1.165, 1.54) is 0 Å². The van der Waals surface area contributed by atoms with Crippen LogP contribution in [0.25, 0.3) is 0 Å². The first-order chi connectivity index (χ1) is 13.6. The highest BCUT2D eigenvalue weighted by Crippen LogP contribution is 2.22. The van der Waals surface area contributed by atoms with Gasteiger partial charge in [-0.2, -0.15) is 13.2 Å². The molecule has 0 saturated carbocycles. The van der Waals surface area contributed by atoms with Crippen LogP contribution in [-0.4, -0.2) is 54.2 Å². The molecule has 0 bridgehead atoms. The number of carbonyl (C=O) groups excluding carboxylic acids is 3. The number of alkyl halides is 3. The molecule has 1 aromatic carbocycles. The molecule has 0 heterocycles. The molecule has 0 radical (unpaired) electrons. The lowest BCUT2D eigenvalue weighted by molar-refractivity contribution is -0.164. The Morgan fingerprint density at radius 2 is 1.77 bits per heavy atom. The Morgan fingerprint density at radius 3 is 2.27 bits per heavy atom. The molecule has 0 saturated heterocycles. The molecule has 1 unspecified atom stereocenters. The maximum absolute atomic E-state index is 14.2. The SMILES string of the molecule is COC(=O)CC(N)C(=O)N(Cc1cc(C(=O)OC(C)(C)C)ccc1F)CC(F)(F)F. The lowest BCUT2D eigenvalue weighted by atomic mass is 10.1. The van der Waals surface area contributed by atoms with Crippen molar-refractivity contribution in [2.75, 3.05) is 13.7 Å². The van der Waals surface area contributed by atoms with Crippen LogP contribution in [0.3, 0.4) is 0 Å². The number of rotatable bonds is 7. The Kier molecular flexibility index (Phi) is 8.34. The summed E-state index contributed by atoms with van der Waals surface area (Å²) < 4.78 is 62.6. The summed E-state index contributed by atoms with van der Waals surface area (Å²) in [6, 6.07) is 1.40. The number of ether oxygens (including phenoxy) is 2. The molecular formula is C19H24F4N2O5. The van der Waals surface area contributed by atoms with E-state index in [1.807, 2.05) is 0 Å². The van der Waals surface area contributed by atoms with Gasteiger partial charge in [-0.15, -0.1) is 0 Å². The zero-order chi connectivity index (χ0) is 23.3. The van der Waals surface area contributed by atoms with Crippen molar-refractivity contribution >= 4 is 17.8 Å². The number of benzene rings is 1. The number of hydrogen-bond donors (Lipinski definition) is 1. The normalized spacial score (nSPS) is 12.8. The molecule has 1 aromatic rings. The van der Waals surface area contributed by atoms with Crippen molar-refractivity contribution < 1.29 is 41.4 Å². The van der Waals surface area contributed by atoms with Crippen LogP contribution < -0.4 is 5.73 Å². The lowest BCUT2D eigenvalue weighted by Crippen LogP contribution is -2.48. The average Bonchev–Trinajstić information content (AvgIpc) is 2.59. The molecule has 0 fully saturated rings. The number of methoxy groups -OCH3 is 1. The fourth-order valence-electron chi connectivity index (χ4n) is 2.38. The van der Waals surface area contributed by atoms with Crippen molar-refractivity contribution in [3.63, 3.8) is 0 Å². The summed E-state index contributed by atoms with van der Waals surface area (Å²) >= 11 is 0. The van der Waals surface area contributed by atoms with Crippen molar-refractivity contribution in [3.05, 3.63) is 35.1 Å². The fourth-order valence-corrected chi connectivity index (χ4v) is 2.38. The Hall–Kier alpha value is -2.69. The van der Waals surface area contributed by atoms with Gasteiger partial charge in [0, 0.05) is 12.1 Å². The number of esters is 2. The Morgan fingerprint density at radius 1 is 1.17 bits per heavy atom. The fraction of sp³-hybridized carbons (Fsp3) is 0.526. The minimum atomic E-state index is -4.81. The van der Waals surface area contributed by atoms with Crippen LogP contribution in [0.1, 0.15) is 43.1 Å². The van der Waals surface area contributed by atoms with Crippen molar-refractivity contribution in [1.82, 2.24) is 4.90 Å². The average molecular weight is 436 g/mol. The van der Waals surface area contributed by atoms with Gasteiger partial charge in [0.1, 0.15) is 18.0 Å². The van der Waals surface area contributed by atoms with Gasteiger partial charge >= 0.3 is 18.1 Å². The Bertz CT molecular complexity index is 790. The third-order valence-electron chi connectivity index (χ3n) is 3.65. The molecule has 1 amide bonds. The van der Waals surface area contributed by atoms with E-state index in [0.717, 1.165) is 25.3 Å². The first kappa shape index (κ1) is 25.3. The van der Waals surface area contributed by atoms with Crippen LogP contribution in [-0.2, 0) is 25.6 Å². The largest absolute Gasteiger partial charge is 0.469 e. The molecule has 0 aromatic heterocycles. The van der Waals surface area contributed by atoms with E-state index >= 15 is 0 Å². The molecule has 0 aliphatic rings. The molecular weight excluding hydrogens is 412 g/mol. The molecule has 1 rings (SSSR count). The summed E-state index contributed by atoms with van der Waals surface area (Å²) in [5.41, 5.74) is 4.24. The van der Waals surface area contributed by atoms with Crippen LogP contribution in [0.15, 0.2) is 18.2 Å². The molecule has 0 aliphatic carbocycles. The molecule has 0 aliphatic heterocycles. The summed E-state index contributed by atoms with van der Waals surface area (Å²) in [5, 5.41) is 0. The molecule has 7 nitrogen and oxygen atoms in total. The second-order valence-corrected chi connectivity index (χ2v) is 7.50. The number of nitrogens with two attached hydrogens (primary N) is 1. The highest BCUT2D eigenvalue weighted by atomic mass is 19.4. The third-order valence-corrected chi connectivity index (χ3v) is 3.65. The highest BCUT2D eigenvalue weighted by Gasteiger charge is 2.35. The van der Waals surface area contributed by atoms with Crippen LogP contribution in [0.4, 0.5) is 17.6 Å². The van der Waals surface area contributed by atoms with Crippen LogP contribution >= 0.6 is 0 Å². The molecule has 2 N–H and O–H groups in total. The van der Waals surface area contributed by atoms with Gasteiger partial charge < -0.3 is 20.1 Å². The highest BCUT2D eigenvalue weighted by molar-refractivity contribution is 5.90. The molecule has 168 valence electrons. The second-order valence-electron chi connectivity index (χ2n) is 7.50. The Labute approximate surface area is 171 Å². The van der Waals surface area contributed by atoms with E-state index in [9.17, 15) is 31.9 Å². The summed E-state index contributed by atoms with van der Waals surface area (Å²) in [6.45, 7) is 2.29. The number of amides is 1. The number of nitrogens with zero attached hydrogens (tertiary/aromatic N) is 1. The maximum atomic E-state index is 14.2. The van der Waals surface area contributed by atoms with Gasteiger partial charge in [0.15, 0.2) is 0 Å². The van der Waals surface area contributed by atoms with Crippen molar-refractivity contribution in [2.24, 2.45) is 5.73 Å². The zero-order valence-electron chi connectivity index (χ0n) is 17.0. The van der Waals surface area contributed by atoms with E-state index in [1.54, 1.807) is 20.8 Å². The summed E-state index contributed by atoms with van der Waals surface area (Å²) in [6.07, 6.45) is -5.45. The first-order valence-corrected chi connectivity index (χ1v) is 8.82. The van der Waals surface area contributed by atoms with E-state index in [-0.39, 0.29) is 16.0 Å². The Balaban J connectivity index is 3.16. The van der Waals surface area contributed by atoms with Crippen molar-refractivity contribution in [2.45, 2.75) is 51.6 Å². The van der Waals surface area contributed by atoms with Crippen LogP contribution in [0, 0.1) is 5.82 Å². The van der Waals surface area contributed by atoms with Gasteiger partial charge in [0.2, 0.25) is 5.91 Å². The summed E-state index contributed by atoms with van der Waals surface area (Å²) in [4.78, 5) is 36.1. The van der Waals surface area contributed by atoms with Crippen molar-refractivity contribution in [3.8, 4) is 0 Å². The molecule has 1 atom stereocenters. The quantitative estimate of drug-likeness (QED) is 0.521. The zero-order valence-corrected chi connectivity index (χ0v) is 17.0. The molecule has 11 heteroatoms. The topological polar surface area (TPSA) is 98.9 Å². The predicted molar refractivity (Wildman–Crippen MR) is 97.6 cm³/mol. The van der Waals surface area contributed by atoms with Gasteiger partial charge in [-0.25, -0.2) is 9.18 Å². The summed E-state index contributed by atoms with van der Waals surface area (Å²) in [5.74, 6) is -3.84. The minimum absolute atomic E-state index is 0.0976. The van der Waals surface area contributed by atoms with Crippen LogP contribution in [0.5, 0.6) is 0 Å².